The number of alkyl halides is 3. The lowest BCUT2D eigenvalue weighted by Gasteiger charge is -2.27. The van der Waals surface area contributed by atoms with Crippen LogP contribution in [-0.2, 0) is 4.79 Å². The highest BCUT2D eigenvalue weighted by Gasteiger charge is 2.29. The van der Waals surface area contributed by atoms with E-state index in [-0.39, 0.29) is 34.4 Å². The van der Waals surface area contributed by atoms with Gasteiger partial charge in [-0.15, -0.1) is 0 Å². The molecule has 0 unspecified atom stereocenters. The number of thioether (sulfide) groups is 1. The summed E-state index contributed by atoms with van der Waals surface area (Å²) in [6, 6.07) is 13.7. The van der Waals surface area contributed by atoms with Crippen LogP contribution in [-0.4, -0.2) is 36.0 Å². The Morgan fingerprint density at radius 2 is 1.73 bits per heavy atom. The van der Waals surface area contributed by atoms with Crippen molar-refractivity contribution in [3.63, 3.8) is 0 Å². The van der Waals surface area contributed by atoms with E-state index in [1.54, 1.807) is 37.3 Å². The number of furan rings is 1. The summed E-state index contributed by atoms with van der Waals surface area (Å²) in [5.41, 5.74) is -3.23. The van der Waals surface area contributed by atoms with Crippen LogP contribution in [0.2, 0.25) is 0 Å². The summed E-state index contributed by atoms with van der Waals surface area (Å²) in [6.45, 7) is 2.13. The van der Waals surface area contributed by atoms with Gasteiger partial charge in [-0.25, -0.2) is 4.39 Å². The highest BCUT2D eigenvalue weighted by Crippen LogP contribution is 2.37. The average molecular weight is 592 g/mol. The Morgan fingerprint density at radius 3 is 2.41 bits per heavy atom. The molecule has 0 spiro atoms. The smallest absolute Gasteiger partial charge is 0.446 e. The van der Waals surface area contributed by atoms with Crippen molar-refractivity contribution in [2.75, 3.05) is 11.9 Å². The van der Waals surface area contributed by atoms with Crippen LogP contribution in [0, 0.1) is 11.7 Å². The monoisotopic (exact) mass is 591 g/mol. The van der Waals surface area contributed by atoms with Crippen LogP contribution < -0.4 is 16.0 Å². The quantitative estimate of drug-likeness (QED) is 0.160. The summed E-state index contributed by atoms with van der Waals surface area (Å²) in [5.74, 6) is -0.616. The summed E-state index contributed by atoms with van der Waals surface area (Å²) in [6.07, 6.45) is 5.81. The third-order valence-electron chi connectivity index (χ3n) is 6.94. The molecule has 1 saturated carbocycles. The number of hydrogen-bond donors (Lipinski definition) is 3. The van der Waals surface area contributed by atoms with Gasteiger partial charge in [-0.2, -0.15) is 13.2 Å². The number of amides is 2. The number of nitrogens with one attached hydrogen (secondary N) is 3. The first-order valence-corrected chi connectivity index (χ1v) is 14.4. The van der Waals surface area contributed by atoms with Crippen molar-refractivity contribution >= 4 is 29.3 Å². The van der Waals surface area contributed by atoms with Crippen molar-refractivity contribution in [1.82, 2.24) is 10.6 Å². The molecule has 11 heteroatoms. The van der Waals surface area contributed by atoms with Gasteiger partial charge in [0.25, 0.3) is 5.91 Å². The Hall–Kier alpha value is -3.47. The molecule has 2 amide bonds. The van der Waals surface area contributed by atoms with Crippen molar-refractivity contribution in [2.45, 2.75) is 67.9 Å². The largest absolute Gasteiger partial charge is 0.451 e. The van der Waals surface area contributed by atoms with Crippen LogP contribution in [0.4, 0.5) is 23.2 Å². The van der Waals surface area contributed by atoms with Crippen LogP contribution in [0.1, 0.15) is 56.0 Å². The van der Waals surface area contributed by atoms with Gasteiger partial charge in [-0.3, -0.25) is 9.59 Å². The van der Waals surface area contributed by atoms with Gasteiger partial charge in [0.2, 0.25) is 5.91 Å². The zero-order chi connectivity index (χ0) is 29.4. The molecule has 0 aliphatic heterocycles. The number of carbonyl (C=O) groups excluding carboxylic acids is 2. The maximum Gasteiger partial charge on any atom is 0.446 e. The molecule has 3 N–H and O–H groups in total. The van der Waals surface area contributed by atoms with E-state index in [0.29, 0.717) is 35.9 Å². The molecule has 6 nitrogen and oxygen atoms in total. The number of carbonyl (C=O) groups is 2. The molecular formula is C30H33F4N3O3S. The van der Waals surface area contributed by atoms with Crippen molar-refractivity contribution in [3.8, 4) is 11.3 Å². The highest BCUT2D eigenvalue weighted by atomic mass is 32.2. The molecule has 2 atom stereocenters. The molecule has 220 valence electrons. The molecule has 1 aliphatic carbocycles. The molecule has 1 aromatic heterocycles. The van der Waals surface area contributed by atoms with Crippen LogP contribution in [0.15, 0.2) is 70.0 Å². The summed E-state index contributed by atoms with van der Waals surface area (Å²) >= 11 is -0.178. The van der Waals surface area contributed by atoms with E-state index in [2.05, 4.69) is 16.0 Å². The van der Waals surface area contributed by atoms with Crippen molar-refractivity contribution < 1.29 is 31.6 Å². The van der Waals surface area contributed by atoms with E-state index in [9.17, 15) is 27.2 Å². The Balaban J connectivity index is 1.36. The lowest BCUT2D eigenvalue weighted by molar-refractivity contribution is -0.124. The number of halogens is 4. The maximum absolute atomic E-state index is 13.6. The first-order chi connectivity index (χ1) is 19.6. The molecule has 4 rings (SSSR count). The van der Waals surface area contributed by atoms with Gasteiger partial charge in [0.15, 0.2) is 5.76 Å². The molecule has 1 heterocycles. The molecule has 0 saturated heterocycles. The fraction of sp³-hybridized carbons (Fsp3) is 0.400. The van der Waals surface area contributed by atoms with Gasteiger partial charge in [0, 0.05) is 28.7 Å². The number of rotatable bonds is 11. The van der Waals surface area contributed by atoms with Crippen molar-refractivity contribution in [2.24, 2.45) is 5.92 Å². The minimum absolute atomic E-state index is 0.0209. The molecule has 41 heavy (non-hydrogen) atoms. The molecule has 0 radical (unpaired) electrons. The number of benzene rings is 2. The molecule has 3 aromatic rings. The van der Waals surface area contributed by atoms with Crippen molar-refractivity contribution in [1.29, 1.82) is 0 Å². The molecule has 1 fully saturated rings. The van der Waals surface area contributed by atoms with Gasteiger partial charge in [-0.05, 0) is 79.6 Å². The average Bonchev–Trinajstić information content (AvgIpc) is 3.43. The fourth-order valence-corrected chi connectivity index (χ4v) is 5.45. The van der Waals surface area contributed by atoms with Gasteiger partial charge in [0.1, 0.15) is 17.6 Å². The Labute approximate surface area is 240 Å². The van der Waals surface area contributed by atoms with E-state index in [1.165, 1.54) is 30.3 Å². The molecule has 0 bridgehead atoms. The standard InChI is InChI=1S/C30H33F4N3O3S/c1-19(18-35-23-10-12-24(13-11-23)41-30(32,33)34)36-28(38)25(16-20-6-3-2-4-7-20)37-29(39)27-15-14-26(40-27)21-8-5-9-22(31)17-21/h5,8-15,17,19-20,25,35H,2-4,6-7,16,18H2,1H3,(H,36,38)(H,37,39)/t19-,25-/m0/s1. The van der Waals surface area contributed by atoms with Crippen LogP contribution >= 0.6 is 11.8 Å². The molecular weight excluding hydrogens is 558 g/mol. The third kappa shape index (κ3) is 9.55. The second-order valence-electron chi connectivity index (χ2n) is 10.3. The topological polar surface area (TPSA) is 83.4 Å². The van der Waals surface area contributed by atoms with Gasteiger partial charge >= 0.3 is 5.51 Å². The van der Waals surface area contributed by atoms with Crippen LogP contribution in [0.3, 0.4) is 0 Å². The van der Waals surface area contributed by atoms with E-state index in [4.69, 9.17) is 4.42 Å². The first kappa shape index (κ1) is 30.5. The van der Waals surface area contributed by atoms with Crippen LogP contribution in [0.25, 0.3) is 11.3 Å². The van der Waals surface area contributed by atoms with Gasteiger partial charge in [0.05, 0.1) is 0 Å². The Kier molecular flexibility index (Phi) is 10.4. The molecule has 2 aromatic carbocycles. The first-order valence-electron chi connectivity index (χ1n) is 13.6. The SMILES string of the molecule is C[C@@H](CNc1ccc(SC(F)(F)F)cc1)NC(=O)[C@H](CC1CCCCC1)NC(=O)c1ccc(-c2cccc(F)c2)o1. The minimum Gasteiger partial charge on any atom is -0.451 e. The molecule has 1 aliphatic rings. The normalized spacial score (nSPS) is 15.6. The predicted molar refractivity (Wildman–Crippen MR) is 151 cm³/mol. The number of hydrogen-bond acceptors (Lipinski definition) is 5. The maximum atomic E-state index is 13.6. The van der Waals surface area contributed by atoms with Gasteiger partial charge < -0.3 is 20.4 Å². The van der Waals surface area contributed by atoms with E-state index < -0.39 is 23.3 Å². The third-order valence-corrected chi connectivity index (χ3v) is 7.68. The van der Waals surface area contributed by atoms with E-state index >= 15 is 0 Å². The summed E-state index contributed by atoms with van der Waals surface area (Å²) in [4.78, 5) is 26.5. The van der Waals surface area contributed by atoms with E-state index in [0.717, 1.165) is 32.1 Å². The van der Waals surface area contributed by atoms with Gasteiger partial charge in [-0.1, -0.05) is 44.2 Å². The lowest BCUT2D eigenvalue weighted by atomic mass is 9.84. The summed E-state index contributed by atoms with van der Waals surface area (Å²) in [5, 5.41) is 8.88. The van der Waals surface area contributed by atoms with E-state index in [1.807, 2.05) is 0 Å². The second-order valence-corrected chi connectivity index (χ2v) is 11.4. The van der Waals surface area contributed by atoms with Crippen molar-refractivity contribution in [3.05, 3.63) is 72.2 Å². The minimum atomic E-state index is -4.35. The zero-order valence-corrected chi connectivity index (χ0v) is 23.4. The zero-order valence-electron chi connectivity index (χ0n) is 22.6. The lowest BCUT2D eigenvalue weighted by Crippen LogP contribution is -2.51. The second kappa shape index (κ2) is 13.9. The Morgan fingerprint density at radius 1 is 1.00 bits per heavy atom. The highest BCUT2D eigenvalue weighted by molar-refractivity contribution is 8.00. The predicted octanol–water partition coefficient (Wildman–Crippen LogP) is 7.38. The van der Waals surface area contributed by atoms with Crippen LogP contribution in [0.5, 0.6) is 0 Å². The summed E-state index contributed by atoms with van der Waals surface area (Å²) in [7, 11) is 0. The Bertz CT molecular complexity index is 1310. The number of anilines is 1. The summed E-state index contributed by atoms with van der Waals surface area (Å²) < 4.78 is 57.0. The fourth-order valence-electron chi connectivity index (χ4n) is 4.91.